The van der Waals surface area contributed by atoms with Crippen molar-refractivity contribution in [3.63, 3.8) is 0 Å². The fourth-order valence-corrected chi connectivity index (χ4v) is 2.09. The highest BCUT2D eigenvalue weighted by Gasteiger charge is 2.13. The summed E-state index contributed by atoms with van der Waals surface area (Å²) < 4.78 is 0. The van der Waals surface area contributed by atoms with Gasteiger partial charge in [0.1, 0.15) is 0 Å². The number of nitrogens with one attached hydrogen (secondary N) is 1. The molecule has 0 aromatic heterocycles. The molecule has 2 rings (SSSR count). The van der Waals surface area contributed by atoms with Gasteiger partial charge in [-0.05, 0) is 37.3 Å². The van der Waals surface area contributed by atoms with Crippen molar-refractivity contribution >= 4 is 34.9 Å². The summed E-state index contributed by atoms with van der Waals surface area (Å²) in [6.45, 7) is 1.86. The Morgan fingerprint density at radius 1 is 1.14 bits per heavy atom. The molecule has 0 fully saturated rings. The lowest BCUT2D eigenvalue weighted by Crippen LogP contribution is -2.14. The lowest BCUT2D eigenvalue weighted by Gasteiger charge is -2.09. The second kappa shape index (κ2) is 5.85. The van der Waals surface area contributed by atoms with Gasteiger partial charge in [-0.2, -0.15) is 0 Å². The van der Waals surface area contributed by atoms with E-state index in [1.165, 1.54) is 18.2 Å². The molecule has 6 heteroatoms. The lowest BCUT2D eigenvalue weighted by molar-refractivity contribution is 0.0697. The van der Waals surface area contributed by atoms with Gasteiger partial charge in [-0.3, -0.25) is 4.79 Å². The van der Waals surface area contributed by atoms with Crippen molar-refractivity contribution in [3.8, 4) is 0 Å². The molecule has 0 radical (unpaired) electrons. The van der Waals surface area contributed by atoms with E-state index >= 15 is 0 Å². The first-order valence-corrected chi connectivity index (χ1v) is 6.46. The largest absolute Gasteiger partial charge is 0.478 e. The number of benzene rings is 2. The number of amides is 1. The number of rotatable bonds is 3. The van der Waals surface area contributed by atoms with Crippen LogP contribution in [-0.4, -0.2) is 17.0 Å². The smallest absolute Gasteiger partial charge is 0.337 e. The first-order chi connectivity index (χ1) is 9.88. The predicted octanol–water partition coefficient (Wildman–Crippen LogP) is 3.18. The molecule has 1 amide bonds. The van der Waals surface area contributed by atoms with E-state index in [-0.39, 0.29) is 16.5 Å². The van der Waals surface area contributed by atoms with E-state index in [0.717, 1.165) is 5.56 Å². The van der Waals surface area contributed by atoms with E-state index < -0.39 is 5.97 Å². The van der Waals surface area contributed by atoms with Crippen LogP contribution in [0, 0.1) is 6.92 Å². The summed E-state index contributed by atoms with van der Waals surface area (Å²) in [4.78, 5) is 23.0. The van der Waals surface area contributed by atoms with Crippen LogP contribution in [0.3, 0.4) is 0 Å². The van der Waals surface area contributed by atoms with Crippen molar-refractivity contribution in [2.24, 2.45) is 0 Å². The monoisotopic (exact) mass is 304 g/mol. The topological polar surface area (TPSA) is 92.4 Å². The predicted molar refractivity (Wildman–Crippen MR) is 82.0 cm³/mol. The number of carbonyl (C=O) groups is 2. The standard InChI is InChI=1S/C15H13ClN2O3/c1-8-2-5-13(17)11(6-8)14(19)18-9-3-4-10(15(20)21)12(16)7-9/h2-7H,17H2,1H3,(H,18,19)(H,20,21). The quantitative estimate of drug-likeness (QED) is 0.759. The normalized spacial score (nSPS) is 10.2. The molecule has 0 aliphatic rings. The molecule has 0 unspecified atom stereocenters. The summed E-state index contributed by atoms with van der Waals surface area (Å²) in [5.74, 6) is -1.50. The van der Waals surface area contributed by atoms with Crippen molar-refractivity contribution in [3.05, 3.63) is 58.1 Å². The highest BCUT2D eigenvalue weighted by atomic mass is 35.5. The number of hydrogen-bond acceptors (Lipinski definition) is 3. The number of aryl methyl sites for hydroxylation is 1. The van der Waals surface area contributed by atoms with Gasteiger partial charge in [0, 0.05) is 11.4 Å². The molecule has 0 saturated carbocycles. The number of halogens is 1. The lowest BCUT2D eigenvalue weighted by atomic mass is 10.1. The molecule has 4 N–H and O–H groups in total. The molecule has 5 nitrogen and oxygen atoms in total. The maximum atomic E-state index is 12.2. The van der Waals surface area contributed by atoms with Crippen molar-refractivity contribution in [1.82, 2.24) is 0 Å². The van der Waals surface area contributed by atoms with Gasteiger partial charge in [0.2, 0.25) is 0 Å². The van der Waals surface area contributed by atoms with Crippen LogP contribution in [0.2, 0.25) is 5.02 Å². The molecular formula is C15H13ClN2O3. The molecule has 0 bridgehead atoms. The minimum atomic E-state index is -1.12. The molecule has 21 heavy (non-hydrogen) atoms. The molecule has 2 aromatic carbocycles. The summed E-state index contributed by atoms with van der Waals surface area (Å²) in [7, 11) is 0. The molecule has 0 spiro atoms. The number of hydrogen-bond donors (Lipinski definition) is 3. The van der Waals surface area contributed by atoms with E-state index in [4.69, 9.17) is 22.4 Å². The third-order valence-corrected chi connectivity index (χ3v) is 3.22. The minimum absolute atomic E-state index is 0.0234. The average Bonchev–Trinajstić information content (AvgIpc) is 2.41. The maximum absolute atomic E-state index is 12.2. The van der Waals surface area contributed by atoms with Crippen LogP contribution in [0.4, 0.5) is 11.4 Å². The Balaban J connectivity index is 2.26. The van der Waals surface area contributed by atoms with Gasteiger partial charge < -0.3 is 16.2 Å². The summed E-state index contributed by atoms with van der Waals surface area (Å²) in [6, 6.07) is 9.33. The van der Waals surface area contributed by atoms with Crippen LogP contribution in [0.1, 0.15) is 26.3 Å². The first-order valence-electron chi connectivity index (χ1n) is 6.09. The Bertz CT molecular complexity index is 729. The van der Waals surface area contributed by atoms with Crippen LogP contribution in [0.5, 0.6) is 0 Å². The summed E-state index contributed by atoms with van der Waals surface area (Å²) in [5.41, 5.74) is 7.78. The second-order valence-electron chi connectivity index (χ2n) is 4.54. The molecule has 0 saturated heterocycles. The highest BCUT2D eigenvalue weighted by molar-refractivity contribution is 6.33. The van der Waals surface area contributed by atoms with Gasteiger partial charge in [-0.25, -0.2) is 4.79 Å². The van der Waals surface area contributed by atoms with Crippen LogP contribution in [0.25, 0.3) is 0 Å². The van der Waals surface area contributed by atoms with Crippen LogP contribution in [0.15, 0.2) is 36.4 Å². The van der Waals surface area contributed by atoms with Crippen molar-refractivity contribution in [2.75, 3.05) is 11.1 Å². The summed E-state index contributed by atoms with van der Waals surface area (Å²) in [5, 5.41) is 11.6. The van der Waals surface area contributed by atoms with Crippen LogP contribution in [-0.2, 0) is 0 Å². The summed E-state index contributed by atoms with van der Waals surface area (Å²) >= 11 is 5.85. The van der Waals surface area contributed by atoms with Gasteiger partial charge >= 0.3 is 5.97 Å². The number of nitrogen functional groups attached to an aromatic ring is 1. The number of carbonyl (C=O) groups excluding carboxylic acids is 1. The minimum Gasteiger partial charge on any atom is -0.478 e. The van der Waals surface area contributed by atoms with Gasteiger partial charge in [0.05, 0.1) is 16.1 Å². The number of carboxylic acid groups (broad SMARTS) is 1. The Morgan fingerprint density at radius 3 is 2.48 bits per heavy atom. The third-order valence-electron chi connectivity index (χ3n) is 2.91. The molecule has 108 valence electrons. The zero-order valence-corrected chi connectivity index (χ0v) is 11.9. The van der Waals surface area contributed by atoms with Gasteiger partial charge in [0.15, 0.2) is 0 Å². The molecule has 0 aliphatic heterocycles. The van der Waals surface area contributed by atoms with Gasteiger partial charge in [0.25, 0.3) is 5.91 Å². The van der Waals surface area contributed by atoms with Gasteiger partial charge in [-0.15, -0.1) is 0 Å². The van der Waals surface area contributed by atoms with E-state index in [9.17, 15) is 9.59 Å². The van der Waals surface area contributed by atoms with E-state index in [1.54, 1.807) is 12.1 Å². The SMILES string of the molecule is Cc1ccc(N)c(C(=O)Nc2ccc(C(=O)O)c(Cl)c2)c1. The van der Waals surface area contributed by atoms with Crippen molar-refractivity contribution < 1.29 is 14.7 Å². The van der Waals surface area contributed by atoms with Crippen molar-refractivity contribution in [2.45, 2.75) is 6.92 Å². The fraction of sp³-hybridized carbons (Fsp3) is 0.0667. The number of anilines is 2. The maximum Gasteiger partial charge on any atom is 0.337 e. The molecule has 0 heterocycles. The Kier molecular flexibility index (Phi) is 4.14. The highest BCUT2D eigenvalue weighted by Crippen LogP contribution is 2.22. The summed E-state index contributed by atoms with van der Waals surface area (Å²) in [6.07, 6.45) is 0. The number of carboxylic acids is 1. The van der Waals surface area contributed by atoms with E-state index in [0.29, 0.717) is 16.9 Å². The van der Waals surface area contributed by atoms with E-state index in [2.05, 4.69) is 5.32 Å². The zero-order chi connectivity index (χ0) is 15.6. The number of nitrogens with two attached hydrogens (primary N) is 1. The Labute approximate surface area is 126 Å². The molecule has 0 atom stereocenters. The van der Waals surface area contributed by atoms with Gasteiger partial charge in [-0.1, -0.05) is 23.2 Å². The van der Waals surface area contributed by atoms with E-state index in [1.807, 2.05) is 13.0 Å². The Morgan fingerprint density at radius 2 is 1.86 bits per heavy atom. The molecule has 0 aliphatic carbocycles. The molecular weight excluding hydrogens is 292 g/mol. The molecule has 2 aromatic rings. The third kappa shape index (κ3) is 3.32. The zero-order valence-electron chi connectivity index (χ0n) is 11.2. The van der Waals surface area contributed by atoms with Crippen molar-refractivity contribution in [1.29, 1.82) is 0 Å². The van der Waals surface area contributed by atoms with Crippen LogP contribution >= 0.6 is 11.6 Å². The second-order valence-corrected chi connectivity index (χ2v) is 4.95. The van der Waals surface area contributed by atoms with Crippen LogP contribution < -0.4 is 11.1 Å². The number of aromatic carboxylic acids is 1. The average molecular weight is 305 g/mol. The Hall–Kier alpha value is -2.53. The first kappa shape index (κ1) is 14.9. The fourth-order valence-electron chi connectivity index (χ4n) is 1.83.